The molecule has 0 saturated heterocycles. The normalized spacial score (nSPS) is 26.6. The van der Waals surface area contributed by atoms with Gasteiger partial charge in [-0.15, -0.1) is 0 Å². The largest absolute Gasteiger partial charge is 0.508 e. The zero-order chi connectivity index (χ0) is 28.0. The highest BCUT2D eigenvalue weighted by molar-refractivity contribution is 6.24. The van der Waals surface area contributed by atoms with E-state index >= 15 is 0 Å². The molecule has 0 unspecified atom stereocenters. The van der Waals surface area contributed by atoms with Crippen molar-refractivity contribution in [1.29, 1.82) is 0 Å². The van der Waals surface area contributed by atoms with Crippen LogP contribution in [-0.2, 0) is 20.8 Å². The van der Waals surface area contributed by atoms with Gasteiger partial charge in [-0.3, -0.25) is 19.3 Å². The fourth-order valence-electron chi connectivity index (χ4n) is 6.59. The quantitative estimate of drug-likeness (QED) is 0.318. The topological polar surface area (TPSA) is 175 Å². The molecule has 1 saturated carbocycles. The average Bonchev–Trinajstić information content (AvgIpc) is 3.30. The molecule has 0 aliphatic heterocycles. The lowest BCUT2D eigenvalue weighted by molar-refractivity contribution is -0.153. The van der Waals surface area contributed by atoms with E-state index in [9.17, 15) is 34.8 Å². The third-order valence-electron chi connectivity index (χ3n) is 8.30. The van der Waals surface area contributed by atoms with Gasteiger partial charge in [-0.2, -0.15) is 0 Å². The number of primary amides is 1. The van der Waals surface area contributed by atoms with Crippen LogP contribution in [0.15, 0.2) is 63.8 Å². The highest BCUT2D eigenvalue weighted by Crippen LogP contribution is 2.53. The summed E-state index contributed by atoms with van der Waals surface area (Å²) in [6, 6.07) is 11.2. The van der Waals surface area contributed by atoms with Crippen LogP contribution < -0.4 is 5.73 Å². The highest BCUT2D eigenvalue weighted by Gasteiger charge is 2.64. The van der Waals surface area contributed by atoms with E-state index in [0.29, 0.717) is 22.5 Å². The Morgan fingerprint density at radius 2 is 1.82 bits per heavy atom. The molecule has 3 aliphatic rings. The number of ketones is 2. The first-order chi connectivity index (χ1) is 18.5. The number of phenols is 1. The fraction of sp³-hybridized carbons (Fsp3) is 0.276. The number of fused-ring (bicyclic) bond motifs is 4. The van der Waals surface area contributed by atoms with Crippen LogP contribution >= 0.6 is 0 Å². The van der Waals surface area contributed by atoms with E-state index in [1.54, 1.807) is 20.2 Å². The Bertz CT molecular complexity index is 1650. The van der Waals surface area contributed by atoms with Gasteiger partial charge in [0.2, 0.25) is 5.78 Å². The van der Waals surface area contributed by atoms with Crippen molar-refractivity contribution in [2.24, 2.45) is 17.6 Å². The van der Waals surface area contributed by atoms with Crippen molar-refractivity contribution in [3.8, 4) is 17.1 Å². The van der Waals surface area contributed by atoms with E-state index < -0.39 is 58.0 Å². The molecule has 200 valence electrons. The van der Waals surface area contributed by atoms with Crippen molar-refractivity contribution >= 4 is 34.2 Å². The van der Waals surface area contributed by atoms with E-state index in [0.717, 1.165) is 5.39 Å². The molecule has 10 heteroatoms. The Morgan fingerprint density at radius 3 is 2.49 bits per heavy atom. The van der Waals surface area contributed by atoms with Crippen molar-refractivity contribution in [1.82, 2.24) is 4.90 Å². The summed E-state index contributed by atoms with van der Waals surface area (Å²) < 4.78 is 6.04. The van der Waals surface area contributed by atoms with Gasteiger partial charge in [-0.1, -0.05) is 18.2 Å². The Kier molecular flexibility index (Phi) is 5.29. The number of carbonyl (C=O) groups excluding carboxylic acids is 3. The second-order valence-corrected chi connectivity index (χ2v) is 10.6. The van der Waals surface area contributed by atoms with Crippen LogP contribution in [0, 0.1) is 11.8 Å². The second kappa shape index (κ2) is 8.29. The van der Waals surface area contributed by atoms with Gasteiger partial charge < -0.3 is 30.6 Å². The van der Waals surface area contributed by atoms with Crippen LogP contribution in [0.25, 0.3) is 28.1 Å². The van der Waals surface area contributed by atoms with E-state index in [1.807, 2.05) is 30.3 Å². The summed E-state index contributed by atoms with van der Waals surface area (Å²) >= 11 is 0. The van der Waals surface area contributed by atoms with Crippen LogP contribution in [0.1, 0.15) is 17.5 Å². The predicted octanol–water partition coefficient (Wildman–Crippen LogP) is 2.38. The predicted molar refractivity (Wildman–Crippen MR) is 139 cm³/mol. The summed E-state index contributed by atoms with van der Waals surface area (Å²) in [5.74, 6) is -6.34. The fourth-order valence-corrected chi connectivity index (χ4v) is 6.59. The number of hydrogen-bond acceptors (Lipinski definition) is 9. The second-order valence-electron chi connectivity index (χ2n) is 10.6. The molecule has 39 heavy (non-hydrogen) atoms. The molecular formula is C29H26N2O8. The molecule has 1 amide bonds. The molecule has 3 aliphatic carbocycles. The maximum atomic E-state index is 13.9. The molecule has 6 rings (SSSR count). The average molecular weight is 531 g/mol. The molecule has 4 atom stereocenters. The summed E-state index contributed by atoms with van der Waals surface area (Å²) in [6.07, 6.45) is 0.191. The standard InChI is InChI=1S/C29H26N2O8/c1-31(2)23-16-10-13-9-15-14(19-11-12-5-3-4-6-18(12)39-19)7-8-17(32)21(15)24(33)20(13)26(35)29(16,38)27(36)22(25(23)34)28(30)37/h3-8,11,13,16,23,32-33,36,38H,9-10H2,1-2H3,(H2,30,37)/t13-,16-,23-,29-/m0/s1. The van der Waals surface area contributed by atoms with E-state index in [2.05, 4.69) is 0 Å². The molecule has 0 bridgehead atoms. The van der Waals surface area contributed by atoms with Crippen molar-refractivity contribution in [3.05, 3.63) is 70.5 Å². The van der Waals surface area contributed by atoms with Crippen LogP contribution in [-0.4, -0.2) is 68.5 Å². The third-order valence-corrected chi connectivity index (χ3v) is 8.30. The molecule has 0 radical (unpaired) electrons. The number of phenolic OH excluding ortho intramolecular Hbond substituents is 1. The van der Waals surface area contributed by atoms with Crippen molar-refractivity contribution < 1.29 is 39.2 Å². The van der Waals surface area contributed by atoms with Gasteiger partial charge in [0.1, 0.15) is 34.2 Å². The number of aliphatic hydroxyl groups is 3. The number of hydrogen-bond donors (Lipinski definition) is 5. The number of aliphatic hydroxyl groups excluding tert-OH is 2. The molecule has 0 spiro atoms. The number of nitrogens with zero attached hydrogens (tertiary/aromatic N) is 1. The number of carbonyl (C=O) groups is 3. The Hall–Kier alpha value is -4.41. The Balaban J connectivity index is 1.56. The number of para-hydroxylation sites is 1. The first-order valence-electron chi connectivity index (χ1n) is 12.4. The minimum atomic E-state index is -2.67. The van der Waals surface area contributed by atoms with Crippen molar-refractivity contribution in [2.75, 3.05) is 14.1 Å². The van der Waals surface area contributed by atoms with Crippen LogP contribution in [0.2, 0.25) is 0 Å². The number of furan rings is 1. The first-order valence-corrected chi connectivity index (χ1v) is 12.4. The number of nitrogens with two attached hydrogens (primary N) is 1. The maximum Gasteiger partial charge on any atom is 0.255 e. The molecular weight excluding hydrogens is 504 g/mol. The smallest absolute Gasteiger partial charge is 0.255 e. The lowest BCUT2D eigenvalue weighted by atomic mass is 9.57. The Labute approximate surface area is 222 Å². The minimum Gasteiger partial charge on any atom is -0.508 e. The van der Waals surface area contributed by atoms with Crippen LogP contribution in [0.5, 0.6) is 5.75 Å². The number of aromatic hydroxyl groups is 1. The number of amides is 1. The van der Waals surface area contributed by atoms with E-state index in [4.69, 9.17) is 10.2 Å². The monoisotopic (exact) mass is 530 g/mol. The van der Waals surface area contributed by atoms with Gasteiger partial charge >= 0.3 is 0 Å². The summed E-state index contributed by atoms with van der Waals surface area (Å²) in [4.78, 5) is 40.7. The van der Waals surface area contributed by atoms with Gasteiger partial charge in [0.25, 0.3) is 5.91 Å². The van der Waals surface area contributed by atoms with Crippen LogP contribution in [0.3, 0.4) is 0 Å². The number of rotatable bonds is 3. The highest BCUT2D eigenvalue weighted by atomic mass is 16.4. The molecule has 6 N–H and O–H groups in total. The minimum absolute atomic E-state index is 0.0149. The molecule has 1 heterocycles. The molecule has 10 nitrogen and oxygen atoms in total. The molecule has 2 aromatic carbocycles. The van der Waals surface area contributed by atoms with Gasteiger partial charge in [0.05, 0.1) is 11.6 Å². The first kappa shape index (κ1) is 24.9. The van der Waals surface area contributed by atoms with Gasteiger partial charge in [-0.25, -0.2) is 0 Å². The van der Waals surface area contributed by atoms with Crippen LogP contribution in [0.4, 0.5) is 0 Å². The lowest BCUT2D eigenvalue weighted by Gasteiger charge is -2.50. The summed E-state index contributed by atoms with van der Waals surface area (Å²) in [7, 11) is 3.12. The molecule has 1 aromatic heterocycles. The summed E-state index contributed by atoms with van der Waals surface area (Å²) in [5.41, 5.74) is 3.48. The number of likely N-dealkylation sites (N-methyl/N-ethyl adjacent to an activating group) is 1. The lowest BCUT2D eigenvalue weighted by Crippen LogP contribution is -2.65. The van der Waals surface area contributed by atoms with Gasteiger partial charge in [0.15, 0.2) is 11.4 Å². The van der Waals surface area contributed by atoms with Crippen molar-refractivity contribution in [3.63, 3.8) is 0 Å². The van der Waals surface area contributed by atoms with Crippen molar-refractivity contribution in [2.45, 2.75) is 24.5 Å². The Morgan fingerprint density at radius 1 is 1.10 bits per heavy atom. The SMILES string of the molecule is CN(C)[C@@H]1C(=O)C(C(N)=O)=C(O)[C@@]2(O)C(=O)C3=C(O)c4c(O)ccc(-c5cc6ccccc6o5)c4C[C@H]3C[C@@H]12. The number of Topliss-reactive ketones (excluding diaryl/α,β-unsaturated/α-hetero) is 2. The van der Waals surface area contributed by atoms with Gasteiger partial charge in [-0.05, 0) is 62.7 Å². The number of benzene rings is 2. The summed E-state index contributed by atoms with van der Waals surface area (Å²) in [6.45, 7) is 0. The zero-order valence-corrected chi connectivity index (χ0v) is 21.1. The third kappa shape index (κ3) is 3.25. The van der Waals surface area contributed by atoms with Gasteiger partial charge in [0, 0.05) is 22.4 Å². The molecule has 3 aromatic rings. The zero-order valence-electron chi connectivity index (χ0n) is 21.1. The summed E-state index contributed by atoms with van der Waals surface area (Å²) in [5, 5.41) is 45.7. The van der Waals surface area contributed by atoms with E-state index in [1.165, 1.54) is 11.0 Å². The van der Waals surface area contributed by atoms with E-state index in [-0.39, 0.29) is 29.7 Å². The maximum absolute atomic E-state index is 13.9. The molecule has 1 fully saturated rings.